The number of halogens is 1. The Bertz CT molecular complexity index is 1200. The average molecular weight is 424 g/mol. The molecule has 0 aliphatic heterocycles. The molecule has 0 amide bonds. The van der Waals surface area contributed by atoms with Crippen LogP contribution in [-0.4, -0.2) is 20.7 Å². The molecule has 6 heteroatoms. The monoisotopic (exact) mass is 423 g/mol. The molecule has 1 N–H and O–H groups in total. The van der Waals surface area contributed by atoms with Crippen molar-refractivity contribution in [3.63, 3.8) is 0 Å². The zero-order chi connectivity index (χ0) is 21.3. The van der Waals surface area contributed by atoms with Crippen molar-refractivity contribution in [3.05, 3.63) is 89.2 Å². The fourth-order valence-electron chi connectivity index (χ4n) is 3.46. The van der Waals surface area contributed by atoms with E-state index >= 15 is 0 Å². The lowest BCUT2D eigenvalue weighted by Gasteiger charge is -2.11. The van der Waals surface area contributed by atoms with Crippen LogP contribution in [0.1, 0.15) is 40.2 Å². The molecule has 154 valence electrons. The van der Waals surface area contributed by atoms with Gasteiger partial charge in [0.1, 0.15) is 5.82 Å². The minimum atomic E-state index is -3.87. The second-order valence-electron chi connectivity index (χ2n) is 7.62. The highest BCUT2D eigenvalue weighted by molar-refractivity contribution is 7.89. The van der Waals surface area contributed by atoms with Gasteiger partial charge in [-0.15, -0.1) is 0 Å². The van der Waals surface area contributed by atoms with Gasteiger partial charge < -0.3 is 0 Å². The minimum absolute atomic E-state index is 0.120. The van der Waals surface area contributed by atoms with Crippen molar-refractivity contribution >= 4 is 15.8 Å². The van der Waals surface area contributed by atoms with Crippen molar-refractivity contribution in [3.8, 4) is 11.1 Å². The number of hydrogen-bond acceptors (Lipinski definition) is 3. The molecule has 0 aromatic heterocycles. The molecule has 30 heavy (non-hydrogen) atoms. The molecule has 0 bridgehead atoms. The fourth-order valence-corrected chi connectivity index (χ4v) is 4.50. The summed E-state index contributed by atoms with van der Waals surface area (Å²) in [5.41, 5.74) is 2.76. The van der Waals surface area contributed by atoms with Crippen molar-refractivity contribution in [2.45, 2.75) is 30.6 Å². The van der Waals surface area contributed by atoms with Crippen molar-refractivity contribution < 1.29 is 17.6 Å². The minimum Gasteiger partial charge on any atom is -0.293 e. The van der Waals surface area contributed by atoms with Gasteiger partial charge in [0.25, 0.3) is 0 Å². The molecule has 0 spiro atoms. The summed E-state index contributed by atoms with van der Waals surface area (Å²) in [5, 5.41) is 0. The van der Waals surface area contributed by atoms with Gasteiger partial charge in [-0.3, -0.25) is 4.79 Å². The number of rotatable bonds is 7. The maximum atomic E-state index is 14.6. The lowest BCUT2D eigenvalue weighted by atomic mass is 9.98. The van der Waals surface area contributed by atoms with E-state index in [2.05, 4.69) is 4.72 Å². The number of sulfonamides is 1. The van der Waals surface area contributed by atoms with E-state index in [4.69, 9.17) is 0 Å². The summed E-state index contributed by atoms with van der Waals surface area (Å²) < 4.78 is 42.3. The third-order valence-electron chi connectivity index (χ3n) is 5.30. The fraction of sp³-hybridized carbons (Fsp3) is 0.208. The topological polar surface area (TPSA) is 63.2 Å². The number of carbonyl (C=O) groups is 1. The van der Waals surface area contributed by atoms with Crippen LogP contribution in [0.15, 0.2) is 71.6 Å². The molecule has 4 nitrogen and oxygen atoms in total. The van der Waals surface area contributed by atoms with Gasteiger partial charge >= 0.3 is 0 Å². The van der Waals surface area contributed by atoms with Gasteiger partial charge in [-0.05, 0) is 72.2 Å². The van der Waals surface area contributed by atoms with Crippen LogP contribution < -0.4 is 4.72 Å². The van der Waals surface area contributed by atoms with Crippen molar-refractivity contribution in [2.24, 2.45) is 0 Å². The van der Waals surface area contributed by atoms with Crippen LogP contribution in [0.25, 0.3) is 11.1 Å². The molecule has 1 fully saturated rings. The van der Waals surface area contributed by atoms with E-state index in [0.29, 0.717) is 17.0 Å². The van der Waals surface area contributed by atoms with E-state index in [0.717, 1.165) is 24.0 Å². The lowest BCUT2D eigenvalue weighted by molar-refractivity contribution is 0.0993. The van der Waals surface area contributed by atoms with Crippen LogP contribution in [0.4, 0.5) is 4.39 Å². The van der Waals surface area contributed by atoms with E-state index in [1.165, 1.54) is 12.1 Å². The number of benzene rings is 3. The van der Waals surface area contributed by atoms with E-state index in [9.17, 15) is 17.6 Å². The summed E-state index contributed by atoms with van der Waals surface area (Å²) in [4.78, 5) is 12.8. The van der Waals surface area contributed by atoms with Crippen LogP contribution in [0.2, 0.25) is 0 Å². The quantitative estimate of drug-likeness (QED) is 0.553. The number of Topliss-reactive ketones (excluding diaryl/α,β-unsaturated/α-hetero) is 1. The Kier molecular flexibility index (Phi) is 5.54. The van der Waals surface area contributed by atoms with Crippen LogP contribution in [0.5, 0.6) is 0 Å². The predicted octanol–water partition coefficient (Wildman–Crippen LogP) is 4.84. The predicted molar refractivity (Wildman–Crippen MR) is 115 cm³/mol. The van der Waals surface area contributed by atoms with E-state index in [-0.39, 0.29) is 10.5 Å². The zero-order valence-corrected chi connectivity index (χ0v) is 17.4. The maximum absolute atomic E-state index is 14.6. The molecule has 0 atom stereocenters. The Morgan fingerprint density at radius 1 is 1.00 bits per heavy atom. The molecule has 3 aromatic rings. The molecule has 4 rings (SSSR count). The molecule has 0 saturated heterocycles. The Balaban J connectivity index is 1.55. The van der Waals surface area contributed by atoms with E-state index in [1.54, 1.807) is 25.1 Å². The second-order valence-corrected chi connectivity index (χ2v) is 9.38. The molecular weight excluding hydrogens is 401 g/mol. The normalized spacial score (nSPS) is 13.9. The van der Waals surface area contributed by atoms with Crippen LogP contribution in [0.3, 0.4) is 0 Å². The van der Waals surface area contributed by atoms with Gasteiger partial charge in [0.15, 0.2) is 5.78 Å². The van der Waals surface area contributed by atoms with Crippen molar-refractivity contribution in [1.29, 1.82) is 0 Å². The highest BCUT2D eigenvalue weighted by Gasteiger charge is 2.25. The Hall–Kier alpha value is -2.83. The maximum Gasteiger partial charge on any atom is 0.240 e. The molecule has 0 unspecified atom stereocenters. The first-order valence-corrected chi connectivity index (χ1v) is 11.3. The molecule has 0 radical (unpaired) electrons. The molecule has 0 heterocycles. The molecule has 1 saturated carbocycles. The number of hydrogen-bond donors (Lipinski definition) is 1. The first-order valence-electron chi connectivity index (χ1n) is 9.83. The van der Waals surface area contributed by atoms with Crippen LogP contribution in [-0.2, 0) is 10.0 Å². The summed E-state index contributed by atoms with van der Waals surface area (Å²) in [6, 6.07) is 19.2. The van der Waals surface area contributed by atoms with Gasteiger partial charge in [0, 0.05) is 0 Å². The lowest BCUT2D eigenvalue weighted by Crippen LogP contribution is -2.30. The molecule has 1 aliphatic carbocycles. The standard InChI is InChI=1S/C24H22FNO3S/c1-16-12-20(17-6-3-2-4-7-17)14-22(24(16)25)23(27)15-26-30(28,29)21-9-5-8-19(13-21)18-10-11-18/h2-9,12-14,18,26H,10-11,15H2,1H3. The summed E-state index contributed by atoms with van der Waals surface area (Å²) in [7, 11) is -3.87. The number of nitrogens with one attached hydrogen (secondary N) is 1. The third kappa shape index (κ3) is 4.35. The molecule has 3 aromatic carbocycles. The Labute approximate surface area is 175 Å². The smallest absolute Gasteiger partial charge is 0.240 e. The van der Waals surface area contributed by atoms with Gasteiger partial charge in [0.05, 0.1) is 17.0 Å². The first kappa shape index (κ1) is 20.4. The highest BCUT2D eigenvalue weighted by atomic mass is 32.2. The van der Waals surface area contributed by atoms with E-state index < -0.39 is 28.2 Å². The summed E-state index contributed by atoms with van der Waals surface area (Å²) >= 11 is 0. The van der Waals surface area contributed by atoms with Crippen molar-refractivity contribution in [1.82, 2.24) is 4.72 Å². The summed E-state index contributed by atoms with van der Waals surface area (Å²) in [6.07, 6.45) is 2.12. The number of aryl methyl sites for hydroxylation is 1. The largest absolute Gasteiger partial charge is 0.293 e. The van der Waals surface area contributed by atoms with Crippen LogP contribution in [0, 0.1) is 12.7 Å². The van der Waals surface area contributed by atoms with Crippen molar-refractivity contribution in [2.75, 3.05) is 6.54 Å². The van der Waals surface area contributed by atoms with Gasteiger partial charge in [0.2, 0.25) is 10.0 Å². The Morgan fingerprint density at radius 2 is 1.73 bits per heavy atom. The highest BCUT2D eigenvalue weighted by Crippen LogP contribution is 2.40. The molecule has 1 aliphatic rings. The zero-order valence-electron chi connectivity index (χ0n) is 16.6. The van der Waals surface area contributed by atoms with Crippen LogP contribution >= 0.6 is 0 Å². The number of ketones is 1. The first-order chi connectivity index (χ1) is 14.3. The van der Waals surface area contributed by atoms with Gasteiger partial charge in [-0.25, -0.2) is 17.5 Å². The van der Waals surface area contributed by atoms with Gasteiger partial charge in [-0.2, -0.15) is 0 Å². The Morgan fingerprint density at radius 3 is 2.43 bits per heavy atom. The van der Waals surface area contributed by atoms with E-state index in [1.807, 2.05) is 36.4 Å². The SMILES string of the molecule is Cc1cc(-c2ccccc2)cc(C(=O)CNS(=O)(=O)c2cccc(C3CC3)c2)c1F. The van der Waals surface area contributed by atoms with Gasteiger partial charge in [-0.1, -0.05) is 42.5 Å². The second kappa shape index (κ2) is 8.13. The molecular formula is C24H22FNO3S. The summed E-state index contributed by atoms with van der Waals surface area (Å²) in [5.74, 6) is -0.829. The average Bonchev–Trinajstić information content (AvgIpc) is 3.60. The third-order valence-corrected chi connectivity index (χ3v) is 6.70. The summed E-state index contributed by atoms with van der Waals surface area (Å²) in [6.45, 7) is 1.08. The number of carbonyl (C=O) groups excluding carboxylic acids is 1.